The molecule has 3 rings (SSSR count). The molecule has 2 N–H and O–H groups in total. The number of para-hydroxylation sites is 1. The van der Waals surface area contributed by atoms with E-state index in [2.05, 4.69) is 63.5 Å². The molecule has 0 spiro atoms. The number of guanidine groups is 1. The van der Waals surface area contributed by atoms with E-state index in [0.29, 0.717) is 4.75 Å². The number of benzene rings is 1. The number of halogens is 1. The van der Waals surface area contributed by atoms with Crippen molar-refractivity contribution in [2.45, 2.75) is 31.1 Å². The minimum absolute atomic E-state index is 0. The Labute approximate surface area is 178 Å². The van der Waals surface area contributed by atoms with Gasteiger partial charge >= 0.3 is 0 Å². The third-order valence-corrected chi connectivity index (χ3v) is 6.48. The SMILES string of the molecule is CN=C(NCc1ccccc1N1CCOCC1)NCC1(C)CCCS1.I. The molecule has 2 fully saturated rings. The van der Waals surface area contributed by atoms with Crippen LogP contribution >= 0.6 is 35.7 Å². The van der Waals surface area contributed by atoms with Crippen molar-refractivity contribution >= 4 is 47.4 Å². The molecule has 0 aliphatic carbocycles. The molecule has 1 aromatic rings. The molecule has 0 saturated carbocycles. The summed E-state index contributed by atoms with van der Waals surface area (Å²) in [6.07, 6.45) is 2.60. The van der Waals surface area contributed by atoms with Gasteiger partial charge in [0.05, 0.1) is 13.2 Å². The fraction of sp³-hybridized carbons (Fsp3) is 0.632. The Kier molecular flexibility index (Phi) is 8.83. The number of nitrogens with zero attached hydrogens (tertiary/aromatic N) is 2. The van der Waals surface area contributed by atoms with E-state index < -0.39 is 0 Å². The number of rotatable bonds is 5. The second kappa shape index (κ2) is 10.6. The zero-order chi connectivity index (χ0) is 17.5. The Morgan fingerprint density at radius 2 is 2.04 bits per heavy atom. The molecule has 5 nitrogen and oxygen atoms in total. The van der Waals surface area contributed by atoms with E-state index in [1.54, 1.807) is 0 Å². The van der Waals surface area contributed by atoms with Crippen molar-refractivity contribution in [3.8, 4) is 0 Å². The molecule has 7 heteroatoms. The van der Waals surface area contributed by atoms with Gasteiger partial charge in [-0.05, 0) is 37.1 Å². The molecule has 26 heavy (non-hydrogen) atoms. The van der Waals surface area contributed by atoms with Crippen LogP contribution in [0.4, 0.5) is 5.69 Å². The Balaban J connectivity index is 0.00000243. The summed E-state index contributed by atoms with van der Waals surface area (Å²) in [4.78, 5) is 6.80. The molecule has 1 aromatic carbocycles. The van der Waals surface area contributed by atoms with Gasteiger partial charge in [-0.1, -0.05) is 18.2 Å². The molecule has 2 heterocycles. The largest absolute Gasteiger partial charge is 0.378 e. The molecule has 0 radical (unpaired) electrons. The predicted molar refractivity (Wildman–Crippen MR) is 123 cm³/mol. The Morgan fingerprint density at radius 3 is 2.73 bits per heavy atom. The lowest BCUT2D eigenvalue weighted by Gasteiger charge is -2.31. The molecule has 0 aromatic heterocycles. The third-order valence-electron chi connectivity index (χ3n) is 4.94. The summed E-state index contributed by atoms with van der Waals surface area (Å²) in [6.45, 7) is 7.61. The monoisotopic (exact) mass is 490 g/mol. The van der Waals surface area contributed by atoms with Crippen molar-refractivity contribution < 1.29 is 4.74 Å². The van der Waals surface area contributed by atoms with Crippen LogP contribution in [0.5, 0.6) is 0 Å². The van der Waals surface area contributed by atoms with E-state index in [-0.39, 0.29) is 24.0 Å². The normalized spacial score (nSPS) is 23.5. The maximum Gasteiger partial charge on any atom is 0.191 e. The van der Waals surface area contributed by atoms with Crippen LogP contribution in [-0.4, -0.2) is 56.4 Å². The number of aliphatic imine (C=N–C) groups is 1. The van der Waals surface area contributed by atoms with Gasteiger partial charge in [-0.25, -0.2) is 0 Å². The van der Waals surface area contributed by atoms with Crippen LogP contribution < -0.4 is 15.5 Å². The molecule has 146 valence electrons. The van der Waals surface area contributed by atoms with Crippen molar-refractivity contribution in [3.05, 3.63) is 29.8 Å². The van der Waals surface area contributed by atoms with Gasteiger partial charge in [0.1, 0.15) is 0 Å². The standard InChI is InChI=1S/C19H30N4OS.HI/c1-19(8-5-13-25-19)15-22-18(20-2)21-14-16-6-3-4-7-17(16)23-9-11-24-12-10-23;/h3-4,6-7H,5,8-15H2,1-2H3,(H2,20,21,22);1H. The van der Waals surface area contributed by atoms with E-state index in [9.17, 15) is 0 Å². The lowest BCUT2D eigenvalue weighted by atomic mass is 10.1. The first-order valence-corrected chi connectivity index (χ1v) is 10.2. The van der Waals surface area contributed by atoms with Gasteiger partial charge in [-0.15, -0.1) is 24.0 Å². The first kappa shape index (κ1) is 21.6. The molecule has 2 aliphatic heterocycles. The average molecular weight is 490 g/mol. The molecule has 0 bridgehead atoms. The lowest BCUT2D eigenvalue weighted by Crippen LogP contribution is -2.43. The first-order valence-electron chi connectivity index (χ1n) is 9.19. The van der Waals surface area contributed by atoms with Gasteiger partial charge < -0.3 is 20.3 Å². The predicted octanol–water partition coefficient (Wildman–Crippen LogP) is 3.09. The topological polar surface area (TPSA) is 48.9 Å². The van der Waals surface area contributed by atoms with Gasteiger partial charge in [0.2, 0.25) is 0 Å². The quantitative estimate of drug-likeness (QED) is 0.378. The summed E-state index contributed by atoms with van der Waals surface area (Å²) in [5.41, 5.74) is 2.60. The summed E-state index contributed by atoms with van der Waals surface area (Å²) < 4.78 is 5.82. The second-order valence-electron chi connectivity index (χ2n) is 6.91. The van der Waals surface area contributed by atoms with Crippen molar-refractivity contribution in [1.82, 2.24) is 10.6 Å². The van der Waals surface area contributed by atoms with Gasteiger partial charge in [-0.3, -0.25) is 4.99 Å². The Morgan fingerprint density at radius 1 is 1.27 bits per heavy atom. The highest BCUT2D eigenvalue weighted by Crippen LogP contribution is 2.36. The van der Waals surface area contributed by atoms with Crippen molar-refractivity contribution in [3.63, 3.8) is 0 Å². The number of thioether (sulfide) groups is 1. The molecule has 2 saturated heterocycles. The van der Waals surface area contributed by atoms with Crippen LogP contribution in [0.1, 0.15) is 25.3 Å². The number of morpholine rings is 1. The molecule has 0 amide bonds. The van der Waals surface area contributed by atoms with Gasteiger partial charge in [0, 0.05) is 43.7 Å². The molecule has 2 aliphatic rings. The minimum Gasteiger partial charge on any atom is -0.378 e. The summed E-state index contributed by atoms with van der Waals surface area (Å²) in [5.74, 6) is 2.16. The summed E-state index contributed by atoms with van der Waals surface area (Å²) in [7, 11) is 1.84. The van der Waals surface area contributed by atoms with Crippen molar-refractivity contribution in [2.75, 3.05) is 50.5 Å². The third kappa shape index (κ3) is 5.92. The number of hydrogen-bond acceptors (Lipinski definition) is 4. The lowest BCUT2D eigenvalue weighted by molar-refractivity contribution is 0.122. The molecule has 1 unspecified atom stereocenters. The van der Waals surface area contributed by atoms with E-state index in [1.165, 1.54) is 29.8 Å². The molecular weight excluding hydrogens is 459 g/mol. The highest BCUT2D eigenvalue weighted by Gasteiger charge is 2.29. The Hall–Kier alpha value is -0.670. The number of anilines is 1. The van der Waals surface area contributed by atoms with E-state index in [4.69, 9.17) is 4.74 Å². The Bertz CT molecular complexity index is 587. The van der Waals surface area contributed by atoms with Crippen LogP contribution in [-0.2, 0) is 11.3 Å². The zero-order valence-electron chi connectivity index (χ0n) is 15.8. The summed E-state index contributed by atoms with van der Waals surface area (Å²) >= 11 is 2.07. The zero-order valence-corrected chi connectivity index (χ0v) is 18.9. The van der Waals surface area contributed by atoms with Crippen molar-refractivity contribution in [2.24, 2.45) is 4.99 Å². The van der Waals surface area contributed by atoms with Crippen LogP contribution in [0.25, 0.3) is 0 Å². The van der Waals surface area contributed by atoms with Crippen LogP contribution in [0, 0.1) is 0 Å². The first-order chi connectivity index (χ1) is 12.2. The van der Waals surface area contributed by atoms with Crippen LogP contribution in [0.2, 0.25) is 0 Å². The van der Waals surface area contributed by atoms with E-state index in [1.807, 2.05) is 7.05 Å². The summed E-state index contributed by atoms with van der Waals surface area (Å²) in [6, 6.07) is 8.61. The maximum atomic E-state index is 5.48. The van der Waals surface area contributed by atoms with Crippen LogP contribution in [0.3, 0.4) is 0 Å². The summed E-state index contributed by atoms with van der Waals surface area (Å²) in [5, 5.41) is 6.98. The average Bonchev–Trinajstić information content (AvgIpc) is 3.10. The fourth-order valence-corrected chi connectivity index (χ4v) is 4.66. The maximum absolute atomic E-state index is 5.48. The van der Waals surface area contributed by atoms with E-state index >= 15 is 0 Å². The van der Waals surface area contributed by atoms with Gasteiger partial charge in [0.25, 0.3) is 0 Å². The molecular formula is C19H31IN4OS. The van der Waals surface area contributed by atoms with Gasteiger partial charge in [0.15, 0.2) is 5.96 Å². The smallest absolute Gasteiger partial charge is 0.191 e. The number of nitrogens with one attached hydrogen (secondary N) is 2. The van der Waals surface area contributed by atoms with Crippen LogP contribution in [0.15, 0.2) is 29.3 Å². The minimum atomic E-state index is 0. The highest BCUT2D eigenvalue weighted by atomic mass is 127. The molecule has 1 atom stereocenters. The number of ether oxygens (including phenoxy) is 1. The second-order valence-corrected chi connectivity index (χ2v) is 8.59. The van der Waals surface area contributed by atoms with Gasteiger partial charge in [-0.2, -0.15) is 11.8 Å². The highest BCUT2D eigenvalue weighted by molar-refractivity contribution is 14.0. The fourth-order valence-electron chi connectivity index (χ4n) is 3.42. The van der Waals surface area contributed by atoms with E-state index in [0.717, 1.165) is 45.4 Å². The van der Waals surface area contributed by atoms with Crippen molar-refractivity contribution in [1.29, 1.82) is 0 Å². The number of hydrogen-bond donors (Lipinski definition) is 2.